The maximum Gasteiger partial charge on any atom is 0.147 e. The number of sulfone groups is 1. The standard InChI is InChI=1S/C12H20ClN3O2S/c1-4-6-10-15-11(13)9(2)12(16-10)14-7-5-8-19(3,17)18/h4-8H2,1-3H3,(H,14,15,16). The molecule has 0 aliphatic carbocycles. The van der Waals surface area contributed by atoms with Gasteiger partial charge < -0.3 is 5.32 Å². The first-order chi connectivity index (χ1) is 8.83. The van der Waals surface area contributed by atoms with Crippen molar-refractivity contribution in [1.82, 2.24) is 9.97 Å². The third-order valence-corrected chi connectivity index (χ3v) is 3.99. The number of rotatable bonds is 7. The molecule has 0 aromatic carbocycles. The molecule has 19 heavy (non-hydrogen) atoms. The van der Waals surface area contributed by atoms with Gasteiger partial charge in [-0.15, -0.1) is 0 Å². The molecule has 0 atom stereocenters. The van der Waals surface area contributed by atoms with Crippen LogP contribution in [0.5, 0.6) is 0 Å². The Labute approximate surface area is 119 Å². The van der Waals surface area contributed by atoms with Crippen LogP contribution in [-0.2, 0) is 16.3 Å². The molecule has 0 aliphatic heterocycles. The number of anilines is 1. The summed E-state index contributed by atoms with van der Waals surface area (Å²) in [6.07, 6.45) is 3.51. The van der Waals surface area contributed by atoms with E-state index in [-0.39, 0.29) is 5.75 Å². The van der Waals surface area contributed by atoms with Gasteiger partial charge in [-0.25, -0.2) is 18.4 Å². The van der Waals surface area contributed by atoms with E-state index >= 15 is 0 Å². The van der Waals surface area contributed by atoms with E-state index in [9.17, 15) is 8.42 Å². The lowest BCUT2D eigenvalue weighted by molar-refractivity contribution is 0.600. The second kappa shape index (κ2) is 7.05. The Morgan fingerprint density at radius 2 is 2.00 bits per heavy atom. The highest BCUT2D eigenvalue weighted by Crippen LogP contribution is 2.20. The molecule has 0 spiro atoms. The molecule has 1 aromatic rings. The summed E-state index contributed by atoms with van der Waals surface area (Å²) in [5.41, 5.74) is 0.792. The Hall–Kier alpha value is -0.880. The van der Waals surface area contributed by atoms with Gasteiger partial charge in [0.25, 0.3) is 0 Å². The predicted octanol–water partition coefficient (Wildman–Crippen LogP) is 2.24. The molecule has 108 valence electrons. The molecule has 0 radical (unpaired) electrons. The Bertz CT molecular complexity index is 532. The number of nitrogens with one attached hydrogen (secondary N) is 1. The zero-order valence-electron chi connectivity index (χ0n) is 11.5. The SMILES string of the molecule is CCCc1nc(Cl)c(C)c(NCCCS(C)(=O)=O)n1. The van der Waals surface area contributed by atoms with Gasteiger partial charge in [0, 0.05) is 24.8 Å². The van der Waals surface area contributed by atoms with Crippen LogP contribution in [0.25, 0.3) is 0 Å². The third-order valence-electron chi connectivity index (χ3n) is 2.59. The Morgan fingerprint density at radius 1 is 1.32 bits per heavy atom. The fraction of sp³-hybridized carbons (Fsp3) is 0.667. The van der Waals surface area contributed by atoms with E-state index in [1.807, 2.05) is 6.92 Å². The monoisotopic (exact) mass is 305 g/mol. The molecule has 5 nitrogen and oxygen atoms in total. The molecule has 0 aliphatic rings. The number of hydrogen-bond donors (Lipinski definition) is 1. The largest absolute Gasteiger partial charge is 0.370 e. The normalized spacial score (nSPS) is 11.6. The summed E-state index contributed by atoms with van der Waals surface area (Å²) in [7, 11) is -2.91. The van der Waals surface area contributed by atoms with Crippen molar-refractivity contribution in [1.29, 1.82) is 0 Å². The first kappa shape index (κ1) is 16.2. The molecule has 1 rings (SSSR count). The van der Waals surface area contributed by atoms with Gasteiger partial charge in [0.2, 0.25) is 0 Å². The van der Waals surface area contributed by atoms with Crippen LogP contribution in [0.1, 0.15) is 31.2 Å². The Balaban J connectivity index is 2.66. The van der Waals surface area contributed by atoms with Gasteiger partial charge in [-0.3, -0.25) is 0 Å². The van der Waals surface area contributed by atoms with Gasteiger partial charge in [0.1, 0.15) is 26.6 Å². The molecule has 1 aromatic heterocycles. The van der Waals surface area contributed by atoms with E-state index in [4.69, 9.17) is 11.6 Å². The number of halogens is 1. The molecule has 0 bridgehead atoms. The van der Waals surface area contributed by atoms with Crippen LogP contribution in [0.4, 0.5) is 5.82 Å². The van der Waals surface area contributed by atoms with Gasteiger partial charge in [0.05, 0.1) is 5.75 Å². The highest BCUT2D eigenvalue weighted by molar-refractivity contribution is 7.90. The minimum Gasteiger partial charge on any atom is -0.370 e. The number of nitrogens with zero attached hydrogens (tertiary/aromatic N) is 2. The summed E-state index contributed by atoms with van der Waals surface area (Å²) in [6, 6.07) is 0. The van der Waals surface area contributed by atoms with Crippen molar-refractivity contribution in [2.75, 3.05) is 23.9 Å². The third kappa shape index (κ3) is 5.74. The van der Waals surface area contributed by atoms with Crippen molar-refractivity contribution >= 4 is 27.3 Å². The van der Waals surface area contributed by atoms with Gasteiger partial charge in [-0.2, -0.15) is 0 Å². The van der Waals surface area contributed by atoms with Crippen LogP contribution in [0.2, 0.25) is 5.15 Å². The van der Waals surface area contributed by atoms with E-state index < -0.39 is 9.84 Å². The number of hydrogen-bond acceptors (Lipinski definition) is 5. The smallest absolute Gasteiger partial charge is 0.147 e. The maximum absolute atomic E-state index is 11.0. The lowest BCUT2D eigenvalue weighted by Gasteiger charge is -2.11. The summed E-state index contributed by atoms with van der Waals surface area (Å²) in [5.74, 6) is 1.57. The molecular formula is C12H20ClN3O2S. The van der Waals surface area contributed by atoms with Crippen molar-refractivity contribution in [2.45, 2.75) is 33.1 Å². The van der Waals surface area contributed by atoms with E-state index in [1.165, 1.54) is 6.26 Å². The van der Waals surface area contributed by atoms with Crippen molar-refractivity contribution in [3.8, 4) is 0 Å². The van der Waals surface area contributed by atoms with Gasteiger partial charge >= 0.3 is 0 Å². The Kier molecular flexibility index (Phi) is 6.00. The van der Waals surface area contributed by atoms with Crippen molar-refractivity contribution in [2.24, 2.45) is 0 Å². The summed E-state index contributed by atoms with van der Waals surface area (Å²) in [4.78, 5) is 8.61. The maximum atomic E-state index is 11.0. The average molecular weight is 306 g/mol. The number of aryl methyl sites for hydroxylation is 1. The molecule has 0 amide bonds. The zero-order chi connectivity index (χ0) is 14.5. The van der Waals surface area contributed by atoms with E-state index in [0.29, 0.717) is 29.8 Å². The molecule has 0 fully saturated rings. The summed E-state index contributed by atoms with van der Waals surface area (Å²) < 4.78 is 22.1. The summed E-state index contributed by atoms with van der Waals surface area (Å²) >= 11 is 6.05. The molecular weight excluding hydrogens is 286 g/mol. The molecule has 1 N–H and O–H groups in total. The van der Waals surface area contributed by atoms with Crippen LogP contribution in [0.15, 0.2) is 0 Å². The van der Waals surface area contributed by atoms with Gasteiger partial charge in [-0.05, 0) is 19.8 Å². The van der Waals surface area contributed by atoms with Crippen LogP contribution in [0, 0.1) is 6.92 Å². The second-order valence-electron chi connectivity index (χ2n) is 4.56. The first-order valence-electron chi connectivity index (χ1n) is 6.28. The highest BCUT2D eigenvalue weighted by atomic mass is 35.5. The number of aromatic nitrogens is 2. The molecule has 0 unspecified atom stereocenters. The fourth-order valence-corrected chi connectivity index (χ4v) is 2.44. The minimum atomic E-state index is -2.91. The van der Waals surface area contributed by atoms with E-state index in [0.717, 1.165) is 18.4 Å². The zero-order valence-corrected chi connectivity index (χ0v) is 13.1. The molecule has 1 heterocycles. The highest BCUT2D eigenvalue weighted by Gasteiger charge is 2.09. The second-order valence-corrected chi connectivity index (χ2v) is 7.18. The van der Waals surface area contributed by atoms with Crippen molar-refractivity contribution in [3.63, 3.8) is 0 Å². The quantitative estimate of drug-likeness (QED) is 0.618. The lowest BCUT2D eigenvalue weighted by Crippen LogP contribution is -2.12. The van der Waals surface area contributed by atoms with E-state index in [2.05, 4.69) is 22.2 Å². The van der Waals surface area contributed by atoms with Gasteiger partial charge in [0.15, 0.2) is 0 Å². The van der Waals surface area contributed by atoms with Crippen molar-refractivity contribution in [3.05, 3.63) is 16.5 Å². The van der Waals surface area contributed by atoms with Crippen LogP contribution in [0.3, 0.4) is 0 Å². The van der Waals surface area contributed by atoms with Crippen LogP contribution < -0.4 is 5.32 Å². The van der Waals surface area contributed by atoms with Crippen LogP contribution in [-0.4, -0.2) is 36.9 Å². The molecule has 0 saturated heterocycles. The van der Waals surface area contributed by atoms with E-state index in [1.54, 1.807) is 0 Å². The fourth-order valence-electron chi connectivity index (χ4n) is 1.58. The topological polar surface area (TPSA) is 72.0 Å². The Morgan fingerprint density at radius 3 is 2.58 bits per heavy atom. The van der Waals surface area contributed by atoms with Gasteiger partial charge in [-0.1, -0.05) is 18.5 Å². The van der Waals surface area contributed by atoms with Crippen molar-refractivity contribution < 1.29 is 8.42 Å². The lowest BCUT2D eigenvalue weighted by atomic mass is 10.3. The first-order valence-corrected chi connectivity index (χ1v) is 8.72. The van der Waals surface area contributed by atoms with Crippen LogP contribution >= 0.6 is 11.6 Å². The predicted molar refractivity (Wildman–Crippen MR) is 78.6 cm³/mol. The average Bonchev–Trinajstić information content (AvgIpc) is 2.29. The summed E-state index contributed by atoms with van der Waals surface area (Å²) in [5, 5.41) is 3.57. The molecule has 0 saturated carbocycles. The minimum absolute atomic E-state index is 0.166. The molecule has 7 heteroatoms. The summed E-state index contributed by atoms with van der Waals surface area (Å²) in [6.45, 7) is 4.44.